The average Bonchev–Trinajstić information content (AvgIpc) is 3.06. The number of halogens is 3. The Balaban J connectivity index is 2.19. The quantitative estimate of drug-likeness (QED) is 0.395. The number of anilines is 1. The average molecular weight is 524 g/mol. The first-order chi connectivity index (χ1) is 15.1. The summed E-state index contributed by atoms with van der Waals surface area (Å²) in [5.74, 6) is -3.16. The Hall–Kier alpha value is -2.40. The zero-order valence-corrected chi connectivity index (χ0v) is 20.1. The van der Waals surface area contributed by atoms with Crippen LogP contribution in [-0.2, 0) is 19.0 Å². The smallest absolute Gasteiger partial charge is 0.359 e. The van der Waals surface area contributed by atoms with Crippen LogP contribution in [-0.4, -0.2) is 48.6 Å². The molecule has 0 saturated carbocycles. The van der Waals surface area contributed by atoms with Crippen molar-refractivity contribution >= 4 is 75.0 Å². The first kappa shape index (κ1) is 25.9. The molecule has 2 heterocycles. The zero-order valence-electron chi connectivity index (χ0n) is 17.0. The van der Waals surface area contributed by atoms with Crippen molar-refractivity contribution in [3.8, 4) is 0 Å². The second-order valence-corrected chi connectivity index (χ2v) is 8.09. The Labute approximate surface area is 201 Å². The first-order valence-electron chi connectivity index (χ1n) is 9.06. The summed E-state index contributed by atoms with van der Waals surface area (Å²) < 4.78 is 14.9. The van der Waals surface area contributed by atoms with E-state index in [1.165, 1.54) is 6.92 Å². The maximum atomic E-state index is 12.4. The van der Waals surface area contributed by atoms with E-state index in [-0.39, 0.29) is 49.4 Å². The van der Waals surface area contributed by atoms with Crippen LogP contribution in [0.15, 0.2) is 6.20 Å². The molecule has 0 bridgehead atoms. The molecule has 0 radical (unpaired) electrons. The Kier molecular flexibility index (Phi) is 9.26. The van der Waals surface area contributed by atoms with Crippen molar-refractivity contribution in [3.05, 3.63) is 43.0 Å². The molecule has 32 heavy (non-hydrogen) atoms. The molecule has 0 aliphatic carbocycles. The Morgan fingerprint density at radius 2 is 1.59 bits per heavy atom. The molecule has 2 rings (SSSR count). The number of nitrogens with one attached hydrogen (secondary N) is 1. The van der Waals surface area contributed by atoms with Gasteiger partial charge in [-0.15, -0.1) is 11.3 Å². The van der Waals surface area contributed by atoms with Crippen LogP contribution in [0.2, 0.25) is 15.1 Å². The van der Waals surface area contributed by atoms with Crippen LogP contribution >= 0.6 is 46.1 Å². The maximum Gasteiger partial charge on any atom is 0.359 e. The highest BCUT2D eigenvalue weighted by Gasteiger charge is 2.28. The third-order valence-electron chi connectivity index (χ3n) is 3.79. The van der Waals surface area contributed by atoms with Gasteiger partial charge in [0.05, 0.1) is 33.8 Å². The van der Waals surface area contributed by atoms with Crippen molar-refractivity contribution < 1.29 is 33.4 Å². The number of aromatic nitrogens is 1. The fraction of sp³-hybridized carbons (Fsp3) is 0.316. The topological polar surface area (TPSA) is 121 Å². The van der Waals surface area contributed by atoms with E-state index in [0.29, 0.717) is 5.56 Å². The van der Waals surface area contributed by atoms with Gasteiger partial charge < -0.3 is 19.5 Å². The predicted octanol–water partition coefficient (Wildman–Crippen LogP) is 4.56. The molecule has 0 spiro atoms. The molecule has 0 aliphatic rings. The fourth-order valence-electron chi connectivity index (χ4n) is 2.39. The second-order valence-electron chi connectivity index (χ2n) is 5.91. The minimum absolute atomic E-state index is 0.00812. The molecule has 0 unspecified atom stereocenters. The molecular formula is C19H17Cl3N2O7S. The van der Waals surface area contributed by atoms with Gasteiger partial charge in [0.2, 0.25) is 0 Å². The van der Waals surface area contributed by atoms with Gasteiger partial charge in [-0.05, 0) is 26.3 Å². The number of rotatable bonds is 8. The lowest BCUT2D eigenvalue weighted by Gasteiger charge is -2.09. The van der Waals surface area contributed by atoms with Gasteiger partial charge in [0.15, 0.2) is 12.3 Å². The van der Waals surface area contributed by atoms with Crippen molar-refractivity contribution in [2.24, 2.45) is 0 Å². The van der Waals surface area contributed by atoms with E-state index in [4.69, 9.17) is 49.0 Å². The van der Waals surface area contributed by atoms with Gasteiger partial charge >= 0.3 is 17.9 Å². The highest BCUT2D eigenvalue weighted by molar-refractivity contribution is 7.18. The van der Waals surface area contributed by atoms with Gasteiger partial charge in [-0.1, -0.05) is 34.8 Å². The van der Waals surface area contributed by atoms with Crippen molar-refractivity contribution in [3.63, 3.8) is 0 Å². The zero-order chi connectivity index (χ0) is 24.0. The molecule has 0 aromatic carbocycles. The number of thiophene rings is 1. The normalized spacial score (nSPS) is 10.4. The summed E-state index contributed by atoms with van der Waals surface area (Å²) in [7, 11) is 0. The minimum Gasteiger partial charge on any atom is -0.462 e. The molecule has 2 aromatic heterocycles. The van der Waals surface area contributed by atoms with E-state index in [0.717, 1.165) is 17.5 Å². The number of nitrogens with zero attached hydrogens (tertiary/aromatic N) is 1. The van der Waals surface area contributed by atoms with Crippen LogP contribution < -0.4 is 5.32 Å². The standard InChI is InChI=1S/C19H17Cl3N2O7S/c1-4-29-17(26)11-8(3)15(19(28)30-5-2)32-16(11)24-10(25)7-31-18(27)14-13(22)12(21)9(20)6-23-14/h6H,4-5,7H2,1-3H3,(H,24,25). The molecular weight excluding hydrogens is 507 g/mol. The SMILES string of the molecule is CCOC(=O)c1sc(NC(=O)COC(=O)c2ncc(Cl)c(Cl)c2Cl)c(C(=O)OCC)c1C. The summed E-state index contributed by atoms with van der Waals surface area (Å²) in [6, 6.07) is 0. The molecule has 0 aliphatic heterocycles. The lowest BCUT2D eigenvalue weighted by atomic mass is 10.1. The molecule has 9 nitrogen and oxygen atoms in total. The number of hydrogen-bond donors (Lipinski definition) is 1. The predicted molar refractivity (Wildman–Crippen MR) is 119 cm³/mol. The summed E-state index contributed by atoms with van der Waals surface area (Å²) >= 11 is 18.4. The van der Waals surface area contributed by atoms with Crippen LogP contribution in [0.1, 0.15) is 49.9 Å². The van der Waals surface area contributed by atoms with Gasteiger partial charge in [-0.2, -0.15) is 0 Å². The summed E-state index contributed by atoms with van der Waals surface area (Å²) in [5, 5.41) is 2.24. The molecule has 172 valence electrons. The lowest BCUT2D eigenvalue weighted by molar-refractivity contribution is -0.119. The fourth-order valence-corrected chi connectivity index (χ4v) is 4.05. The van der Waals surface area contributed by atoms with E-state index in [1.807, 2.05) is 0 Å². The van der Waals surface area contributed by atoms with Crippen molar-refractivity contribution in [2.45, 2.75) is 20.8 Å². The number of amides is 1. The summed E-state index contributed by atoms with van der Waals surface area (Å²) in [4.78, 5) is 52.9. The summed E-state index contributed by atoms with van der Waals surface area (Å²) in [5.41, 5.74) is -0.0163. The van der Waals surface area contributed by atoms with Crippen LogP contribution in [0.5, 0.6) is 0 Å². The molecule has 1 amide bonds. The Bertz CT molecular complexity index is 1070. The molecule has 1 N–H and O–H groups in total. The van der Waals surface area contributed by atoms with E-state index in [2.05, 4.69) is 10.3 Å². The highest BCUT2D eigenvalue weighted by Crippen LogP contribution is 2.34. The van der Waals surface area contributed by atoms with Crippen LogP contribution in [0.3, 0.4) is 0 Å². The number of ether oxygens (including phenoxy) is 3. The monoisotopic (exact) mass is 522 g/mol. The molecule has 0 fully saturated rings. The largest absolute Gasteiger partial charge is 0.462 e. The molecule has 2 aromatic rings. The summed E-state index contributed by atoms with van der Waals surface area (Å²) in [6.45, 7) is 4.28. The van der Waals surface area contributed by atoms with Gasteiger partial charge in [-0.25, -0.2) is 19.4 Å². The first-order valence-corrected chi connectivity index (χ1v) is 11.0. The van der Waals surface area contributed by atoms with Gasteiger partial charge in [-0.3, -0.25) is 4.79 Å². The number of esters is 3. The highest BCUT2D eigenvalue weighted by atomic mass is 35.5. The van der Waals surface area contributed by atoms with Crippen LogP contribution in [0.25, 0.3) is 0 Å². The van der Waals surface area contributed by atoms with E-state index >= 15 is 0 Å². The molecule has 0 atom stereocenters. The van der Waals surface area contributed by atoms with E-state index in [1.54, 1.807) is 13.8 Å². The number of pyridine rings is 1. The third-order valence-corrected chi connectivity index (χ3v) is 6.21. The minimum atomic E-state index is -1.01. The molecule has 13 heteroatoms. The lowest BCUT2D eigenvalue weighted by Crippen LogP contribution is -2.22. The van der Waals surface area contributed by atoms with Crippen molar-refractivity contribution in [2.75, 3.05) is 25.1 Å². The number of hydrogen-bond acceptors (Lipinski definition) is 9. The van der Waals surface area contributed by atoms with Crippen molar-refractivity contribution in [1.82, 2.24) is 4.98 Å². The van der Waals surface area contributed by atoms with Crippen molar-refractivity contribution in [1.29, 1.82) is 0 Å². The van der Waals surface area contributed by atoms with Gasteiger partial charge in [0, 0.05) is 6.20 Å². The second kappa shape index (κ2) is 11.5. The molecule has 0 saturated heterocycles. The van der Waals surface area contributed by atoms with Crippen LogP contribution in [0, 0.1) is 6.92 Å². The third kappa shape index (κ3) is 5.89. The van der Waals surface area contributed by atoms with Crippen LogP contribution in [0.4, 0.5) is 5.00 Å². The Morgan fingerprint density at radius 3 is 2.22 bits per heavy atom. The number of carbonyl (C=O) groups excluding carboxylic acids is 4. The van der Waals surface area contributed by atoms with E-state index < -0.39 is 30.4 Å². The van der Waals surface area contributed by atoms with E-state index in [9.17, 15) is 19.2 Å². The maximum absolute atomic E-state index is 12.4. The Morgan fingerprint density at radius 1 is 0.969 bits per heavy atom. The summed E-state index contributed by atoms with van der Waals surface area (Å²) in [6.07, 6.45) is 1.11. The number of carbonyl (C=O) groups is 4. The van der Waals surface area contributed by atoms with Gasteiger partial charge in [0.1, 0.15) is 9.88 Å². The van der Waals surface area contributed by atoms with Gasteiger partial charge in [0.25, 0.3) is 5.91 Å².